The lowest BCUT2D eigenvalue weighted by Gasteiger charge is -2.30. The van der Waals surface area contributed by atoms with E-state index in [4.69, 9.17) is 5.73 Å². The molecule has 2 unspecified atom stereocenters. The maximum Gasteiger partial charge on any atom is 0.236 e. The smallest absolute Gasteiger partial charge is 0.236 e. The van der Waals surface area contributed by atoms with Gasteiger partial charge in [-0.1, -0.05) is 6.42 Å². The lowest BCUT2D eigenvalue weighted by molar-refractivity contribution is -0.133. The minimum atomic E-state index is 0.199. The van der Waals surface area contributed by atoms with Gasteiger partial charge in [-0.3, -0.25) is 4.79 Å². The van der Waals surface area contributed by atoms with E-state index in [9.17, 15) is 4.79 Å². The first-order chi connectivity index (χ1) is 7.06. The SMILES string of the molecule is CN(C)CC(=O)N(C)C1CCCC1CN. The second-order valence-electron chi connectivity index (χ2n) is 4.74. The molecule has 0 radical (unpaired) electrons. The fourth-order valence-corrected chi connectivity index (χ4v) is 2.37. The number of carbonyl (C=O) groups excluding carboxylic acids is 1. The first-order valence-corrected chi connectivity index (χ1v) is 5.66. The summed E-state index contributed by atoms with van der Waals surface area (Å²) in [6.07, 6.45) is 3.48. The van der Waals surface area contributed by atoms with Crippen LogP contribution < -0.4 is 5.73 Å². The third kappa shape index (κ3) is 3.18. The van der Waals surface area contributed by atoms with Crippen LogP contribution in [0.15, 0.2) is 0 Å². The zero-order valence-electron chi connectivity index (χ0n) is 10.1. The molecular formula is C11H23N3O. The van der Waals surface area contributed by atoms with E-state index in [1.54, 1.807) is 0 Å². The Labute approximate surface area is 92.4 Å². The summed E-state index contributed by atoms with van der Waals surface area (Å²) in [6, 6.07) is 0.363. The number of rotatable bonds is 4. The molecule has 1 aliphatic rings. The summed E-state index contributed by atoms with van der Waals surface area (Å²) < 4.78 is 0. The van der Waals surface area contributed by atoms with Gasteiger partial charge in [0, 0.05) is 13.1 Å². The van der Waals surface area contributed by atoms with Crippen LogP contribution in [0.5, 0.6) is 0 Å². The van der Waals surface area contributed by atoms with E-state index in [2.05, 4.69) is 0 Å². The predicted octanol–water partition coefficient (Wildman–Crippen LogP) is 0.134. The molecule has 0 aromatic heterocycles. The molecule has 4 heteroatoms. The van der Waals surface area contributed by atoms with Crippen LogP contribution in [0.2, 0.25) is 0 Å². The molecule has 2 N–H and O–H groups in total. The monoisotopic (exact) mass is 213 g/mol. The van der Waals surface area contributed by atoms with Gasteiger partial charge in [-0.05, 0) is 39.4 Å². The van der Waals surface area contributed by atoms with Gasteiger partial charge < -0.3 is 15.5 Å². The van der Waals surface area contributed by atoms with Crippen LogP contribution in [0.25, 0.3) is 0 Å². The molecular weight excluding hydrogens is 190 g/mol. The topological polar surface area (TPSA) is 49.6 Å². The third-order valence-corrected chi connectivity index (χ3v) is 3.26. The van der Waals surface area contributed by atoms with Crippen molar-refractivity contribution in [2.75, 3.05) is 34.2 Å². The van der Waals surface area contributed by atoms with Gasteiger partial charge in [0.05, 0.1) is 6.54 Å². The van der Waals surface area contributed by atoms with E-state index in [1.165, 1.54) is 12.8 Å². The molecule has 0 aliphatic heterocycles. The molecule has 1 aliphatic carbocycles. The fraction of sp³-hybridized carbons (Fsp3) is 0.909. The van der Waals surface area contributed by atoms with Gasteiger partial charge in [-0.2, -0.15) is 0 Å². The first-order valence-electron chi connectivity index (χ1n) is 5.66. The normalized spacial score (nSPS) is 25.9. The molecule has 0 aromatic rings. The number of carbonyl (C=O) groups is 1. The largest absolute Gasteiger partial charge is 0.341 e. The van der Waals surface area contributed by atoms with Crippen molar-refractivity contribution in [1.29, 1.82) is 0 Å². The van der Waals surface area contributed by atoms with E-state index >= 15 is 0 Å². The maximum absolute atomic E-state index is 11.8. The quantitative estimate of drug-likeness (QED) is 0.722. The average molecular weight is 213 g/mol. The number of nitrogens with zero attached hydrogens (tertiary/aromatic N) is 2. The zero-order valence-corrected chi connectivity index (χ0v) is 10.1. The van der Waals surface area contributed by atoms with Crippen molar-refractivity contribution in [3.8, 4) is 0 Å². The maximum atomic E-state index is 11.8. The first kappa shape index (κ1) is 12.5. The van der Waals surface area contributed by atoms with E-state index in [-0.39, 0.29) is 5.91 Å². The van der Waals surface area contributed by atoms with Gasteiger partial charge in [0.1, 0.15) is 0 Å². The van der Waals surface area contributed by atoms with Crippen molar-refractivity contribution in [2.45, 2.75) is 25.3 Å². The lowest BCUT2D eigenvalue weighted by atomic mass is 10.0. The molecule has 0 bridgehead atoms. The van der Waals surface area contributed by atoms with Crippen molar-refractivity contribution in [2.24, 2.45) is 11.7 Å². The molecule has 0 spiro atoms. The fourth-order valence-electron chi connectivity index (χ4n) is 2.37. The van der Waals surface area contributed by atoms with Gasteiger partial charge >= 0.3 is 0 Å². The molecule has 2 atom stereocenters. The molecule has 4 nitrogen and oxygen atoms in total. The number of likely N-dealkylation sites (N-methyl/N-ethyl adjacent to an activating group) is 2. The lowest BCUT2D eigenvalue weighted by Crippen LogP contribution is -2.44. The highest BCUT2D eigenvalue weighted by Crippen LogP contribution is 2.28. The number of hydrogen-bond donors (Lipinski definition) is 1. The number of hydrogen-bond acceptors (Lipinski definition) is 3. The minimum Gasteiger partial charge on any atom is -0.341 e. The minimum absolute atomic E-state index is 0.199. The van der Waals surface area contributed by atoms with Crippen molar-refractivity contribution in [3.05, 3.63) is 0 Å². The van der Waals surface area contributed by atoms with E-state index in [0.717, 1.165) is 6.42 Å². The summed E-state index contributed by atoms with van der Waals surface area (Å²) in [4.78, 5) is 15.6. The highest BCUT2D eigenvalue weighted by molar-refractivity contribution is 5.78. The predicted molar refractivity (Wildman–Crippen MR) is 61.5 cm³/mol. The molecule has 15 heavy (non-hydrogen) atoms. The Bertz CT molecular complexity index is 218. The Hall–Kier alpha value is -0.610. The summed E-state index contributed by atoms with van der Waals surface area (Å²) in [5, 5.41) is 0. The average Bonchev–Trinajstić information content (AvgIpc) is 2.62. The molecule has 1 amide bonds. The van der Waals surface area contributed by atoms with Crippen molar-refractivity contribution >= 4 is 5.91 Å². The van der Waals surface area contributed by atoms with Crippen LogP contribution in [0.4, 0.5) is 0 Å². The van der Waals surface area contributed by atoms with E-state index in [1.807, 2.05) is 30.9 Å². The molecule has 1 fully saturated rings. The van der Waals surface area contributed by atoms with Gasteiger partial charge in [0.2, 0.25) is 5.91 Å². The summed E-state index contributed by atoms with van der Waals surface area (Å²) in [6.45, 7) is 1.19. The third-order valence-electron chi connectivity index (χ3n) is 3.26. The Morgan fingerprint density at radius 3 is 2.53 bits per heavy atom. The Morgan fingerprint density at radius 1 is 1.33 bits per heavy atom. The van der Waals surface area contributed by atoms with Gasteiger partial charge in [0.25, 0.3) is 0 Å². The van der Waals surface area contributed by atoms with E-state index < -0.39 is 0 Å². The summed E-state index contributed by atoms with van der Waals surface area (Å²) in [5.74, 6) is 0.700. The van der Waals surface area contributed by atoms with Crippen LogP contribution in [0.1, 0.15) is 19.3 Å². The van der Waals surface area contributed by atoms with Gasteiger partial charge in [0.15, 0.2) is 0 Å². The van der Waals surface area contributed by atoms with Crippen LogP contribution in [0, 0.1) is 5.92 Å². The highest BCUT2D eigenvalue weighted by atomic mass is 16.2. The highest BCUT2D eigenvalue weighted by Gasteiger charge is 2.31. The number of nitrogens with two attached hydrogens (primary N) is 1. The molecule has 0 aromatic carbocycles. The van der Waals surface area contributed by atoms with Crippen LogP contribution in [0.3, 0.4) is 0 Å². The molecule has 0 heterocycles. The Morgan fingerprint density at radius 2 is 2.00 bits per heavy atom. The van der Waals surface area contributed by atoms with Crippen molar-refractivity contribution in [3.63, 3.8) is 0 Å². The van der Waals surface area contributed by atoms with Crippen molar-refractivity contribution < 1.29 is 4.79 Å². The second-order valence-corrected chi connectivity index (χ2v) is 4.74. The van der Waals surface area contributed by atoms with E-state index in [0.29, 0.717) is 25.0 Å². The standard InChI is InChI=1S/C11H23N3O/c1-13(2)8-11(15)14(3)10-6-4-5-9(10)7-12/h9-10H,4-8,12H2,1-3H3. The zero-order chi connectivity index (χ0) is 11.4. The van der Waals surface area contributed by atoms with Gasteiger partial charge in [-0.15, -0.1) is 0 Å². The summed E-state index contributed by atoms with van der Waals surface area (Å²) in [5.41, 5.74) is 5.72. The summed E-state index contributed by atoms with van der Waals surface area (Å²) in [7, 11) is 5.74. The van der Waals surface area contributed by atoms with Crippen molar-refractivity contribution in [1.82, 2.24) is 9.80 Å². The van der Waals surface area contributed by atoms with Gasteiger partial charge in [-0.25, -0.2) is 0 Å². The van der Waals surface area contributed by atoms with Crippen LogP contribution in [-0.4, -0.2) is 56.0 Å². The Balaban J connectivity index is 2.51. The molecule has 0 saturated heterocycles. The molecule has 88 valence electrons. The second kappa shape index (κ2) is 5.47. The molecule has 1 saturated carbocycles. The molecule has 1 rings (SSSR count). The van der Waals surface area contributed by atoms with Crippen LogP contribution >= 0.6 is 0 Å². The Kier molecular flexibility index (Phi) is 4.54. The summed E-state index contributed by atoms with van der Waals surface area (Å²) >= 11 is 0. The van der Waals surface area contributed by atoms with Crippen LogP contribution in [-0.2, 0) is 4.79 Å². The number of amides is 1.